The van der Waals surface area contributed by atoms with Crippen LogP contribution in [0.4, 0.5) is 0 Å². The molecule has 82 valence electrons. The molecule has 5 heteroatoms. The van der Waals surface area contributed by atoms with Gasteiger partial charge in [0, 0.05) is 6.42 Å². The number of hydrogen-bond donors (Lipinski definition) is 3. The fourth-order valence-corrected chi connectivity index (χ4v) is 1.49. The molecule has 4 N–H and O–H groups in total. The molecule has 0 heterocycles. The van der Waals surface area contributed by atoms with Crippen molar-refractivity contribution in [3.05, 3.63) is 23.8 Å². The van der Waals surface area contributed by atoms with Gasteiger partial charge in [-0.3, -0.25) is 4.79 Å². The lowest BCUT2D eigenvalue weighted by atomic mass is 9.80. The Kier molecular flexibility index (Phi) is 3.06. The minimum absolute atomic E-state index is 0.144. The first-order valence-electron chi connectivity index (χ1n) is 4.56. The molecule has 0 fully saturated rings. The molecule has 0 aromatic heterocycles. The lowest BCUT2D eigenvalue weighted by molar-refractivity contribution is -0.134. The Morgan fingerprint density at radius 1 is 1.60 bits per heavy atom. The molecular weight excluding hydrogens is 198 g/mol. The minimum atomic E-state index is -1.61. The highest BCUT2D eigenvalue weighted by Gasteiger charge is 2.42. The number of nitrogens with two attached hydrogens (primary N) is 1. The number of carbonyl (C=O) groups is 2. The maximum Gasteiger partial charge on any atom is 0.334 e. The van der Waals surface area contributed by atoms with Crippen LogP contribution in [0, 0.1) is 0 Å². The van der Waals surface area contributed by atoms with Crippen LogP contribution in [0.25, 0.3) is 0 Å². The fourth-order valence-electron chi connectivity index (χ4n) is 1.49. The number of aliphatic carboxylic acids is 1. The Bertz CT molecular complexity index is 358. The molecule has 0 aromatic carbocycles. The van der Waals surface area contributed by atoms with Crippen molar-refractivity contribution in [2.75, 3.05) is 0 Å². The van der Waals surface area contributed by atoms with E-state index in [1.165, 1.54) is 18.2 Å². The van der Waals surface area contributed by atoms with Crippen LogP contribution in [0.3, 0.4) is 0 Å². The van der Waals surface area contributed by atoms with E-state index in [0.717, 1.165) is 0 Å². The van der Waals surface area contributed by atoms with Gasteiger partial charge in [-0.05, 0) is 6.08 Å². The summed E-state index contributed by atoms with van der Waals surface area (Å²) in [4.78, 5) is 22.2. The number of allylic oxidation sites excluding steroid dienone is 2. The molecule has 0 saturated carbocycles. The van der Waals surface area contributed by atoms with Crippen molar-refractivity contribution >= 4 is 11.8 Å². The molecule has 0 saturated heterocycles. The third-order valence-electron chi connectivity index (χ3n) is 2.45. The summed E-state index contributed by atoms with van der Waals surface area (Å²) in [5.74, 6) is -1.66. The fraction of sp³-hybridized carbons (Fsp3) is 0.400. The number of rotatable bonds is 3. The average Bonchev–Trinajstić information content (AvgIpc) is 2.20. The van der Waals surface area contributed by atoms with Crippen LogP contribution in [0.5, 0.6) is 0 Å². The first-order valence-corrected chi connectivity index (χ1v) is 4.56. The lowest BCUT2D eigenvalue weighted by Crippen LogP contribution is -2.57. The molecule has 0 spiro atoms. The van der Waals surface area contributed by atoms with Gasteiger partial charge in [0.1, 0.15) is 11.6 Å². The number of aliphatic hydroxyl groups is 1. The molecule has 0 aliphatic heterocycles. The van der Waals surface area contributed by atoms with E-state index in [1.54, 1.807) is 6.92 Å². The Morgan fingerprint density at radius 2 is 2.20 bits per heavy atom. The normalized spacial score (nSPS) is 29.8. The molecule has 5 nitrogen and oxygen atoms in total. The van der Waals surface area contributed by atoms with Crippen molar-refractivity contribution in [1.82, 2.24) is 0 Å². The van der Waals surface area contributed by atoms with Crippen molar-refractivity contribution in [3.63, 3.8) is 0 Å². The van der Waals surface area contributed by atoms with Crippen molar-refractivity contribution in [1.29, 1.82) is 0 Å². The zero-order valence-corrected chi connectivity index (χ0v) is 8.30. The van der Waals surface area contributed by atoms with E-state index >= 15 is 0 Å². The summed E-state index contributed by atoms with van der Waals surface area (Å²) < 4.78 is 0. The predicted octanol–water partition coefficient (Wildman–Crippen LogP) is -0.395. The van der Waals surface area contributed by atoms with Gasteiger partial charge in [0.15, 0.2) is 5.78 Å². The Morgan fingerprint density at radius 3 is 2.67 bits per heavy atom. The molecule has 2 unspecified atom stereocenters. The zero-order valence-electron chi connectivity index (χ0n) is 8.30. The molecule has 2 atom stereocenters. The largest absolute Gasteiger partial charge is 0.478 e. The van der Waals surface area contributed by atoms with Crippen LogP contribution in [-0.2, 0) is 9.59 Å². The van der Waals surface area contributed by atoms with Crippen molar-refractivity contribution in [2.24, 2.45) is 5.73 Å². The molecule has 0 amide bonds. The second kappa shape index (κ2) is 3.96. The SMILES string of the molecule is CCC(=O)C1(N)C=CC=C(C(=O)O)C1O. The van der Waals surface area contributed by atoms with Gasteiger partial charge in [0.25, 0.3) is 0 Å². The van der Waals surface area contributed by atoms with Gasteiger partial charge in [0.2, 0.25) is 0 Å². The maximum atomic E-state index is 11.5. The van der Waals surface area contributed by atoms with Gasteiger partial charge in [-0.25, -0.2) is 4.79 Å². The molecule has 0 aromatic rings. The summed E-state index contributed by atoms with van der Waals surface area (Å²) in [6, 6.07) is 0. The van der Waals surface area contributed by atoms with Crippen LogP contribution in [0.1, 0.15) is 13.3 Å². The number of aliphatic hydroxyl groups excluding tert-OH is 1. The molecule has 15 heavy (non-hydrogen) atoms. The third-order valence-corrected chi connectivity index (χ3v) is 2.45. The summed E-state index contributed by atoms with van der Waals surface area (Å²) in [6.07, 6.45) is 2.60. The van der Waals surface area contributed by atoms with E-state index in [0.29, 0.717) is 0 Å². The Hall–Kier alpha value is -1.46. The highest BCUT2D eigenvalue weighted by molar-refractivity contribution is 5.97. The van der Waals surface area contributed by atoms with Crippen LogP contribution in [0.15, 0.2) is 23.8 Å². The number of ketones is 1. The van der Waals surface area contributed by atoms with E-state index in [9.17, 15) is 14.7 Å². The van der Waals surface area contributed by atoms with Crippen molar-refractivity contribution < 1.29 is 19.8 Å². The molecule has 0 bridgehead atoms. The van der Waals surface area contributed by atoms with E-state index in [2.05, 4.69) is 0 Å². The van der Waals surface area contributed by atoms with Gasteiger partial charge in [0.05, 0.1) is 5.57 Å². The van der Waals surface area contributed by atoms with E-state index in [4.69, 9.17) is 10.8 Å². The monoisotopic (exact) mass is 211 g/mol. The highest BCUT2D eigenvalue weighted by Crippen LogP contribution is 2.23. The topological polar surface area (TPSA) is 101 Å². The van der Waals surface area contributed by atoms with E-state index < -0.39 is 23.4 Å². The Labute approximate surface area is 86.9 Å². The van der Waals surface area contributed by atoms with Gasteiger partial charge in [-0.15, -0.1) is 0 Å². The first-order chi connectivity index (χ1) is 6.93. The Balaban J connectivity index is 3.09. The molecular formula is C10H13NO4. The first kappa shape index (κ1) is 11.6. The second-order valence-electron chi connectivity index (χ2n) is 3.40. The zero-order chi connectivity index (χ0) is 11.6. The number of carbonyl (C=O) groups excluding carboxylic acids is 1. The van der Waals surface area contributed by atoms with Gasteiger partial charge in [-0.2, -0.15) is 0 Å². The lowest BCUT2D eigenvalue weighted by Gasteiger charge is -2.32. The number of carboxylic acids is 1. The minimum Gasteiger partial charge on any atom is -0.478 e. The van der Waals surface area contributed by atoms with E-state index in [1.807, 2.05) is 0 Å². The van der Waals surface area contributed by atoms with Gasteiger partial charge < -0.3 is 15.9 Å². The summed E-state index contributed by atoms with van der Waals surface area (Å²) >= 11 is 0. The van der Waals surface area contributed by atoms with E-state index in [-0.39, 0.29) is 12.0 Å². The summed E-state index contributed by atoms with van der Waals surface area (Å²) in [5.41, 5.74) is 3.82. The number of hydrogen-bond acceptors (Lipinski definition) is 4. The number of Topliss-reactive ketones (excluding diaryl/α,β-unsaturated/α-hetero) is 1. The molecule has 1 aliphatic carbocycles. The van der Waals surface area contributed by atoms with Crippen LogP contribution in [0.2, 0.25) is 0 Å². The quantitative estimate of drug-likeness (QED) is 0.590. The summed E-state index contributed by atoms with van der Waals surface area (Å²) in [5, 5.41) is 18.5. The molecule has 1 aliphatic rings. The summed E-state index contributed by atoms with van der Waals surface area (Å²) in [7, 11) is 0. The highest BCUT2D eigenvalue weighted by atomic mass is 16.4. The second-order valence-corrected chi connectivity index (χ2v) is 3.40. The van der Waals surface area contributed by atoms with Crippen LogP contribution >= 0.6 is 0 Å². The third kappa shape index (κ3) is 1.84. The van der Waals surface area contributed by atoms with Crippen molar-refractivity contribution in [3.8, 4) is 0 Å². The maximum absolute atomic E-state index is 11.5. The standard InChI is InChI=1S/C10H13NO4/c1-2-7(12)10(11)5-3-4-6(8(10)13)9(14)15/h3-5,8,13H,2,11H2,1H3,(H,14,15). The molecule has 1 rings (SSSR count). The molecule has 0 radical (unpaired) electrons. The average molecular weight is 211 g/mol. The van der Waals surface area contributed by atoms with Crippen molar-refractivity contribution in [2.45, 2.75) is 25.0 Å². The summed E-state index contributed by atoms with van der Waals surface area (Å²) in [6.45, 7) is 1.61. The van der Waals surface area contributed by atoms with Crippen LogP contribution < -0.4 is 5.73 Å². The smallest absolute Gasteiger partial charge is 0.334 e. The van der Waals surface area contributed by atoms with Gasteiger partial charge in [-0.1, -0.05) is 19.1 Å². The predicted molar refractivity (Wildman–Crippen MR) is 53.1 cm³/mol. The number of carboxylic acid groups (broad SMARTS) is 1. The van der Waals surface area contributed by atoms with Crippen LogP contribution in [-0.4, -0.2) is 33.6 Å². The van der Waals surface area contributed by atoms with Gasteiger partial charge >= 0.3 is 5.97 Å².